The second-order valence-electron chi connectivity index (χ2n) is 3.76. The van der Waals surface area contributed by atoms with Crippen LogP contribution in [0.25, 0.3) is 0 Å². The van der Waals surface area contributed by atoms with Crippen LogP contribution in [0.3, 0.4) is 0 Å². The summed E-state index contributed by atoms with van der Waals surface area (Å²) in [6, 6.07) is 0.182. The number of amides is 1. The molecule has 0 saturated heterocycles. The van der Waals surface area contributed by atoms with Crippen LogP contribution in [0.1, 0.15) is 40.5 Å². The number of carbonyl (C=O) groups is 1. The van der Waals surface area contributed by atoms with Gasteiger partial charge in [-0.25, -0.2) is 0 Å². The zero-order chi connectivity index (χ0) is 11.1. The fourth-order valence-electron chi connectivity index (χ4n) is 0.932. The predicted octanol–water partition coefficient (Wildman–Crippen LogP) is 2.04. The van der Waals surface area contributed by atoms with E-state index in [1.165, 1.54) is 0 Å². The summed E-state index contributed by atoms with van der Waals surface area (Å²) >= 11 is 4.96. The van der Waals surface area contributed by atoms with Gasteiger partial charge in [-0.05, 0) is 39.9 Å². The molecular weight excluding hydrogens is 198 g/mol. The molecule has 0 saturated carbocycles. The van der Waals surface area contributed by atoms with Crippen molar-refractivity contribution in [2.75, 3.05) is 0 Å². The van der Waals surface area contributed by atoms with Crippen molar-refractivity contribution >= 4 is 23.2 Å². The topological polar surface area (TPSA) is 38.3 Å². The third-order valence-corrected chi connectivity index (χ3v) is 1.67. The molecule has 82 valence electrons. The van der Waals surface area contributed by atoms with E-state index < -0.39 is 0 Å². The minimum Gasteiger partial charge on any atom is -0.484 e. The first-order chi connectivity index (χ1) is 6.41. The Morgan fingerprint density at radius 2 is 1.86 bits per heavy atom. The highest BCUT2D eigenvalue weighted by Gasteiger charge is 2.06. The number of hydrogen-bond acceptors (Lipinski definition) is 3. The van der Waals surface area contributed by atoms with Crippen LogP contribution in [0.2, 0.25) is 0 Å². The van der Waals surface area contributed by atoms with Gasteiger partial charge >= 0.3 is 0 Å². The molecule has 0 aliphatic heterocycles. The van der Waals surface area contributed by atoms with Crippen molar-refractivity contribution in [3.63, 3.8) is 0 Å². The highest BCUT2D eigenvalue weighted by atomic mass is 32.1. The third-order valence-electron chi connectivity index (χ3n) is 1.37. The van der Waals surface area contributed by atoms with Gasteiger partial charge in [-0.1, -0.05) is 0 Å². The molecule has 0 aromatic heterocycles. The molecule has 0 aliphatic carbocycles. The highest BCUT2D eigenvalue weighted by molar-refractivity contribution is 7.80. The Kier molecular flexibility index (Phi) is 6.45. The van der Waals surface area contributed by atoms with Gasteiger partial charge in [-0.2, -0.15) is 0 Å². The van der Waals surface area contributed by atoms with Gasteiger partial charge < -0.3 is 10.1 Å². The minimum absolute atomic E-state index is 0.0229. The smallest absolute Gasteiger partial charge is 0.220 e. The molecule has 0 heterocycles. The van der Waals surface area contributed by atoms with Gasteiger partial charge in [0.1, 0.15) is 0 Å². The van der Waals surface area contributed by atoms with Crippen LogP contribution in [0.5, 0.6) is 0 Å². The third kappa shape index (κ3) is 7.98. The first-order valence-electron chi connectivity index (χ1n) is 4.90. The minimum atomic E-state index is 0.0229. The first-order valence-corrected chi connectivity index (χ1v) is 5.31. The second kappa shape index (κ2) is 6.76. The summed E-state index contributed by atoms with van der Waals surface area (Å²) < 4.78 is 5.26. The molecule has 1 amide bonds. The van der Waals surface area contributed by atoms with Crippen LogP contribution in [-0.2, 0) is 9.53 Å². The summed E-state index contributed by atoms with van der Waals surface area (Å²) in [5, 5.41) is 3.31. The zero-order valence-electron chi connectivity index (χ0n) is 9.29. The van der Waals surface area contributed by atoms with Gasteiger partial charge in [0.05, 0.1) is 6.10 Å². The molecule has 0 aliphatic rings. The highest BCUT2D eigenvalue weighted by Crippen LogP contribution is 1.99. The molecule has 0 bridgehead atoms. The second-order valence-corrected chi connectivity index (χ2v) is 4.22. The van der Waals surface area contributed by atoms with E-state index in [4.69, 9.17) is 17.0 Å². The maximum atomic E-state index is 11.2. The fourth-order valence-corrected chi connectivity index (χ4v) is 1.23. The van der Waals surface area contributed by atoms with Crippen LogP contribution in [0.4, 0.5) is 0 Å². The molecular formula is C10H19NO2S. The van der Waals surface area contributed by atoms with Gasteiger partial charge in [0.25, 0.3) is 0 Å². The monoisotopic (exact) mass is 217 g/mol. The lowest BCUT2D eigenvalue weighted by atomic mass is 10.3. The number of rotatable bonds is 5. The van der Waals surface area contributed by atoms with Gasteiger partial charge in [0, 0.05) is 18.9 Å². The number of carbonyl (C=O) groups excluding carboxylic acids is 1. The van der Waals surface area contributed by atoms with Crippen molar-refractivity contribution in [2.24, 2.45) is 0 Å². The van der Waals surface area contributed by atoms with Crippen LogP contribution in [0, 0.1) is 0 Å². The van der Waals surface area contributed by atoms with E-state index in [2.05, 4.69) is 5.32 Å². The zero-order valence-corrected chi connectivity index (χ0v) is 10.1. The largest absolute Gasteiger partial charge is 0.484 e. The summed E-state index contributed by atoms with van der Waals surface area (Å²) in [6.45, 7) is 7.70. The Labute approximate surface area is 91.2 Å². The normalized spacial score (nSPS) is 10.4. The molecule has 0 unspecified atom stereocenters. The van der Waals surface area contributed by atoms with Crippen LogP contribution >= 0.6 is 12.2 Å². The van der Waals surface area contributed by atoms with Crippen molar-refractivity contribution in [1.29, 1.82) is 0 Å². The molecule has 1 N–H and O–H groups in total. The van der Waals surface area contributed by atoms with Crippen LogP contribution in [-0.4, -0.2) is 23.1 Å². The number of nitrogens with one attached hydrogen (secondary N) is 1. The van der Waals surface area contributed by atoms with E-state index in [1.807, 2.05) is 27.7 Å². The summed E-state index contributed by atoms with van der Waals surface area (Å²) in [5.41, 5.74) is 0. The lowest BCUT2D eigenvalue weighted by molar-refractivity contribution is -0.121. The quantitative estimate of drug-likeness (QED) is 0.716. The maximum absolute atomic E-state index is 11.2. The van der Waals surface area contributed by atoms with Gasteiger partial charge in [-0.3, -0.25) is 4.79 Å². The van der Waals surface area contributed by atoms with E-state index in [9.17, 15) is 4.79 Å². The van der Waals surface area contributed by atoms with E-state index in [0.29, 0.717) is 17.9 Å². The molecule has 0 atom stereocenters. The lowest BCUT2D eigenvalue weighted by Gasteiger charge is -2.11. The molecule has 0 rings (SSSR count). The Balaban J connectivity index is 3.61. The van der Waals surface area contributed by atoms with Crippen molar-refractivity contribution in [2.45, 2.75) is 52.7 Å². The first kappa shape index (κ1) is 13.4. The molecule has 4 heteroatoms. The number of ether oxygens (including phenoxy) is 1. The molecule has 0 aromatic carbocycles. The van der Waals surface area contributed by atoms with E-state index in [1.54, 1.807) is 0 Å². The molecule has 0 aromatic rings. The van der Waals surface area contributed by atoms with E-state index in [-0.39, 0.29) is 18.1 Å². The molecule has 14 heavy (non-hydrogen) atoms. The average molecular weight is 217 g/mol. The van der Waals surface area contributed by atoms with Gasteiger partial charge in [0.15, 0.2) is 5.05 Å². The molecule has 3 nitrogen and oxygen atoms in total. The Morgan fingerprint density at radius 3 is 2.29 bits per heavy atom. The Hall–Kier alpha value is -0.640. The maximum Gasteiger partial charge on any atom is 0.220 e. The van der Waals surface area contributed by atoms with E-state index >= 15 is 0 Å². The van der Waals surface area contributed by atoms with Crippen molar-refractivity contribution in [3.8, 4) is 0 Å². The van der Waals surface area contributed by atoms with E-state index in [0.717, 1.165) is 0 Å². The molecule has 0 radical (unpaired) electrons. The van der Waals surface area contributed by atoms with Crippen molar-refractivity contribution < 1.29 is 9.53 Å². The van der Waals surface area contributed by atoms with Gasteiger partial charge in [-0.15, -0.1) is 0 Å². The summed E-state index contributed by atoms with van der Waals surface area (Å²) in [6.07, 6.45) is 1.02. The summed E-state index contributed by atoms with van der Waals surface area (Å²) in [4.78, 5) is 11.2. The molecule has 0 fully saturated rings. The predicted molar refractivity (Wildman–Crippen MR) is 61.3 cm³/mol. The van der Waals surface area contributed by atoms with Crippen molar-refractivity contribution in [3.05, 3.63) is 0 Å². The van der Waals surface area contributed by atoms with Crippen LogP contribution in [0.15, 0.2) is 0 Å². The number of hydrogen-bond donors (Lipinski definition) is 1. The number of thiocarbonyl (C=S) groups is 1. The SMILES string of the molecule is CC(C)NC(=O)CCC(=S)OC(C)C. The fraction of sp³-hybridized carbons (Fsp3) is 0.800. The Morgan fingerprint density at radius 1 is 1.29 bits per heavy atom. The van der Waals surface area contributed by atoms with Gasteiger partial charge in [0.2, 0.25) is 5.91 Å². The lowest BCUT2D eigenvalue weighted by Crippen LogP contribution is -2.30. The standard InChI is InChI=1S/C10H19NO2S/c1-7(2)11-9(12)5-6-10(14)13-8(3)4/h7-8H,5-6H2,1-4H3,(H,11,12). The Bertz CT molecular complexity index is 180. The summed E-state index contributed by atoms with van der Waals surface area (Å²) in [5.74, 6) is 0.0229. The molecule has 0 spiro atoms. The average Bonchev–Trinajstić information content (AvgIpc) is 1.98. The summed E-state index contributed by atoms with van der Waals surface area (Å²) in [7, 11) is 0. The van der Waals surface area contributed by atoms with Crippen molar-refractivity contribution in [1.82, 2.24) is 5.32 Å². The van der Waals surface area contributed by atoms with Crippen LogP contribution < -0.4 is 5.32 Å².